The molecule has 1 aliphatic rings. The highest BCUT2D eigenvalue weighted by Crippen LogP contribution is 2.43. The third kappa shape index (κ3) is 1.66. The van der Waals surface area contributed by atoms with Crippen LogP contribution in [0.5, 0.6) is 0 Å². The van der Waals surface area contributed by atoms with E-state index in [1.54, 1.807) is 6.07 Å². The van der Waals surface area contributed by atoms with Gasteiger partial charge >= 0.3 is 0 Å². The van der Waals surface area contributed by atoms with E-state index in [4.69, 9.17) is 17.3 Å². The lowest BCUT2D eigenvalue weighted by atomic mass is 9.63. The van der Waals surface area contributed by atoms with E-state index in [1.165, 1.54) is 12.1 Å². The van der Waals surface area contributed by atoms with E-state index < -0.39 is 0 Å². The van der Waals surface area contributed by atoms with E-state index in [1.807, 2.05) is 0 Å². The molecule has 80 valence electrons. The van der Waals surface area contributed by atoms with Crippen LogP contribution in [0.25, 0.3) is 0 Å². The molecule has 0 aliphatic heterocycles. The van der Waals surface area contributed by atoms with Crippen LogP contribution in [0.15, 0.2) is 18.2 Å². The third-order valence-corrected chi connectivity index (χ3v) is 3.28. The van der Waals surface area contributed by atoms with Crippen LogP contribution in [-0.2, 0) is 10.2 Å². The summed E-state index contributed by atoms with van der Waals surface area (Å²) in [7, 11) is 0. The maximum Gasteiger partial charge on any atom is 0.134 e. The molecule has 0 spiro atoms. The first kappa shape index (κ1) is 10.6. The van der Waals surface area contributed by atoms with Crippen molar-refractivity contribution in [2.75, 3.05) is 6.54 Å². The number of carbonyl (C=O) groups is 1. The zero-order valence-electron chi connectivity index (χ0n) is 8.09. The molecule has 0 bridgehead atoms. The molecular formula is C11H11ClFNO. The summed E-state index contributed by atoms with van der Waals surface area (Å²) < 4.78 is 12.9. The van der Waals surface area contributed by atoms with E-state index in [0.29, 0.717) is 24.4 Å². The van der Waals surface area contributed by atoms with Gasteiger partial charge in [-0.05, 0) is 17.7 Å². The van der Waals surface area contributed by atoms with Gasteiger partial charge in [0.25, 0.3) is 0 Å². The molecule has 1 aromatic carbocycles. The molecule has 1 fully saturated rings. The lowest BCUT2D eigenvalue weighted by Gasteiger charge is -2.40. The molecule has 2 N–H and O–H groups in total. The van der Waals surface area contributed by atoms with Crippen molar-refractivity contribution in [1.29, 1.82) is 0 Å². The number of benzene rings is 1. The van der Waals surface area contributed by atoms with Crippen LogP contribution in [0, 0.1) is 5.82 Å². The van der Waals surface area contributed by atoms with Crippen LogP contribution in [0.2, 0.25) is 5.02 Å². The second-order valence-corrected chi connectivity index (χ2v) is 4.41. The van der Waals surface area contributed by atoms with Crippen LogP contribution >= 0.6 is 11.6 Å². The average molecular weight is 228 g/mol. The monoisotopic (exact) mass is 227 g/mol. The maximum atomic E-state index is 12.9. The molecule has 1 aliphatic carbocycles. The molecule has 0 amide bonds. The van der Waals surface area contributed by atoms with Crippen LogP contribution in [0.3, 0.4) is 0 Å². The Morgan fingerprint density at radius 1 is 1.47 bits per heavy atom. The largest absolute Gasteiger partial charge is 0.330 e. The fourth-order valence-corrected chi connectivity index (χ4v) is 2.44. The minimum Gasteiger partial charge on any atom is -0.330 e. The lowest BCUT2D eigenvalue weighted by molar-refractivity contribution is -0.128. The molecule has 2 rings (SSSR count). The summed E-state index contributed by atoms with van der Waals surface area (Å²) in [5, 5.41) is 0.355. The molecule has 0 radical (unpaired) electrons. The topological polar surface area (TPSA) is 43.1 Å². The van der Waals surface area contributed by atoms with Gasteiger partial charge in [-0.25, -0.2) is 4.39 Å². The Labute approximate surface area is 92.2 Å². The summed E-state index contributed by atoms with van der Waals surface area (Å²) >= 11 is 5.95. The minimum absolute atomic E-state index is 0.181. The lowest BCUT2D eigenvalue weighted by Crippen LogP contribution is -2.47. The van der Waals surface area contributed by atoms with E-state index in [-0.39, 0.29) is 17.0 Å². The van der Waals surface area contributed by atoms with Gasteiger partial charge in [-0.15, -0.1) is 0 Å². The predicted molar refractivity (Wildman–Crippen MR) is 56.4 cm³/mol. The van der Waals surface area contributed by atoms with Crippen molar-refractivity contribution >= 4 is 17.4 Å². The van der Waals surface area contributed by atoms with Crippen LogP contribution in [-0.4, -0.2) is 12.3 Å². The van der Waals surface area contributed by atoms with Crippen LogP contribution in [0.4, 0.5) is 4.39 Å². The second-order valence-electron chi connectivity index (χ2n) is 4.00. The Bertz CT molecular complexity index is 411. The van der Waals surface area contributed by atoms with E-state index >= 15 is 0 Å². The Morgan fingerprint density at radius 2 is 2.13 bits per heavy atom. The number of halogens is 2. The SMILES string of the molecule is NCC1(c2ccc(F)cc2Cl)CC(=O)C1. The average Bonchev–Trinajstić information content (AvgIpc) is 2.13. The van der Waals surface area contributed by atoms with Crippen molar-refractivity contribution in [2.45, 2.75) is 18.3 Å². The predicted octanol–water partition coefficient (Wildman–Crippen LogP) is 2.04. The molecule has 2 nitrogen and oxygen atoms in total. The minimum atomic E-state index is -0.374. The Morgan fingerprint density at radius 3 is 2.60 bits per heavy atom. The van der Waals surface area contributed by atoms with Gasteiger partial charge in [-0.3, -0.25) is 4.79 Å². The van der Waals surface area contributed by atoms with Gasteiger partial charge in [0.15, 0.2) is 0 Å². The number of rotatable bonds is 2. The van der Waals surface area contributed by atoms with E-state index in [2.05, 4.69) is 0 Å². The molecule has 0 unspecified atom stereocenters. The number of Topliss-reactive ketones (excluding diaryl/α,β-unsaturated/α-hetero) is 1. The molecule has 0 heterocycles. The summed E-state index contributed by atoms with van der Waals surface area (Å²) in [5.74, 6) is -0.192. The summed E-state index contributed by atoms with van der Waals surface area (Å²) in [4.78, 5) is 11.1. The number of ketones is 1. The summed E-state index contributed by atoms with van der Waals surface area (Å²) in [6, 6.07) is 4.23. The molecule has 0 aromatic heterocycles. The molecule has 15 heavy (non-hydrogen) atoms. The Kier molecular flexibility index (Phi) is 2.52. The van der Waals surface area contributed by atoms with Gasteiger partial charge in [0.2, 0.25) is 0 Å². The van der Waals surface area contributed by atoms with E-state index in [9.17, 15) is 9.18 Å². The van der Waals surface area contributed by atoms with Crippen LogP contribution in [0.1, 0.15) is 18.4 Å². The molecule has 0 saturated heterocycles. The number of hydrogen-bond acceptors (Lipinski definition) is 2. The standard InChI is InChI=1S/C11H11ClFNO/c12-10-3-7(13)1-2-9(10)11(6-14)4-8(15)5-11/h1-3H,4-6,14H2. The van der Waals surface area contributed by atoms with Gasteiger partial charge in [-0.2, -0.15) is 0 Å². The third-order valence-electron chi connectivity index (χ3n) is 2.96. The molecule has 0 atom stereocenters. The first-order valence-electron chi connectivity index (χ1n) is 4.75. The van der Waals surface area contributed by atoms with Gasteiger partial charge in [0, 0.05) is 29.8 Å². The maximum absolute atomic E-state index is 12.9. The highest BCUT2D eigenvalue weighted by Gasteiger charge is 2.44. The van der Waals surface area contributed by atoms with Crippen molar-refractivity contribution in [3.05, 3.63) is 34.6 Å². The first-order valence-corrected chi connectivity index (χ1v) is 5.12. The zero-order chi connectivity index (χ0) is 11.1. The van der Waals surface area contributed by atoms with Gasteiger partial charge < -0.3 is 5.73 Å². The molecular weight excluding hydrogens is 217 g/mol. The van der Waals surface area contributed by atoms with Gasteiger partial charge in [0.05, 0.1) is 0 Å². The number of hydrogen-bond donors (Lipinski definition) is 1. The smallest absolute Gasteiger partial charge is 0.134 e. The summed E-state index contributed by atoms with van der Waals surface area (Å²) in [6.45, 7) is 0.365. The number of nitrogens with two attached hydrogens (primary N) is 1. The van der Waals surface area contributed by atoms with Gasteiger partial charge in [0.1, 0.15) is 11.6 Å². The molecule has 4 heteroatoms. The van der Waals surface area contributed by atoms with Crippen molar-refractivity contribution in [2.24, 2.45) is 5.73 Å². The first-order chi connectivity index (χ1) is 7.07. The Balaban J connectivity index is 2.40. The van der Waals surface area contributed by atoms with Gasteiger partial charge in [-0.1, -0.05) is 17.7 Å². The molecule has 1 aromatic rings. The summed E-state index contributed by atoms with van der Waals surface area (Å²) in [5.41, 5.74) is 6.09. The highest BCUT2D eigenvalue weighted by molar-refractivity contribution is 6.31. The van der Waals surface area contributed by atoms with Crippen molar-refractivity contribution < 1.29 is 9.18 Å². The fraction of sp³-hybridized carbons (Fsp3) is 0.364. The normalized spacial score (nSPS) is 18.7. The van der Waals surface area contributed by atoms with Crippen molar-refractivity contribution in [3.8, 4) is 0 Å². The van der Waals surface area contributed by atoms with Crippen molar-refractivity contribution in [3.63, 3.8) is 0 Å². The summed E-state index contributed by atoms with van der Waals surface area (Å²) in [6.07, 6.45) is 0.823. The van der Waals surface area contributed by atoms with Crippen molar-refractivity contribution in [1.82, 2.24) is 0 Å². The Hall–Kier alpha value is -0.930. The van der Waals surface area contributed by atoms with Crippen LogP contribution < -0.4 is 5.73 Å². The highest BCUT2D eigenvalue weighted by atomic mass is 35.5. The second kappa shape index (κ2) is 3.58. The zero-order valence-corrected chi connectivity index (χ0v) is 8.85. The van der Waals surface area contributed by atoms with E-state index in [0.717, 1.165) is 5.56 Å². The molecule has 1 saturated carbocycles. The quantitative estimate of drug-likeness (QED) is 0.840. The fourth-order valence-electron chi connectivity index (χ4n) is 2.07. The number of carbonyl (C=O) groups excluding carboxylic acids is 1.